The molecule has 7 nitrogen and oxygen atoms in total. The number of nitrogens with one attached hydrogen (secondary N) is 1. The summed E-state index contributed by atoms with van der Waals surface area (Å²) in [5.41, 5.74) is 2.82. The zero-order valence-corrected chi connectivity index (χ0v) is 24.9. The number of thioether (sulfide) groups is 1. The molecule has 40 heavy (non-hydrogen) atoms. The Balaban J connectivity index is 1.42. The first-order chi connectivity index (χ1) is 19.2. The Morgan fingerprint density at radius 1 is 1.00 bits per heavy atom. The van der Waals surface area contributed by atoms with Crippen LogP contribution in [0.2, 0.25) is 5.02 Å². The summed E-state index contributed by atoms with van der Waals surface area (Å²) in [6, 6.07) is 21.5. The highest BCUT2D eigenvalue weighted by atomic mass is 79.9. The van der Waals surface area contributed by atoms with Gasteiger partial charge in [-0.1, -0.05) is 81.0 Å². The zero-order chi connectivity index (χ0) is 28.1. The molecule has 1 fully saturated rings. The van der Waals surface area contributed by atoms with Crippen LogP contribution in [0.5, 0.6) is 0 Å². The zero-order valence-electron chi connectivity index (χ0n) is 21.0. The van der Waals surface area contributed by atoms with Gasteiger partial charge in [-0.05, 0) is 60.5 Å². The number of thiazole rings is 1. The van der Waals surface area contributed by atoms with E-state index >= 15 is 0 Å². The molecule has 3 heterocycles. The first-order valence-corrected chi connectivity index (χ1v) is 15.2. The van der Waals surface area contributed by atoms with Crippen molar-refractivity contribution in [2.24, 2.45) is 5.92 Å². The SMILES string of the molecule is Cc1ccccc1NC(=O)Cn1c2c(sc1=O)[C@H](c1cccc(Br)c1)C1C(=O)N(c3ccc(Cl)cc3)C(=O)C1S2. The smallest absolute Gasteiger partial charge is 0.308 e. The maximum atomic E-state index is 13.9. The van der Waals surface area contributed by atoms with Gasteiger partial charge < -0.3 is 5.32 Å². The molecule has 0 radical (unpaired) electrons. The van der Waals surface area contributed by atoms with Crippen LogP contribution < -0.4 is 15.1 Å². The molecule has 2 unspecified atom stereocenters. The van der Waals surface area contributed by atoms with E-state index in [0.717, 1.165) is 26.9 Å². The molecule has 202 valence electrons. The van der Waals surface area contributed by atoms with Crippen molar-refractivity contribution >= 4 is 79.7 Å². The number of para-hydroxylation sites is 1. The normalized spacial score (nSPS) is 19.9. The molecule has 1 aromatic heterocycles. The van der Waals surface area contributed by atoms with E-state index < -0.39 is 17.1 Å². The van der Waals surface area contributed by atoms with Crippen LogP contribution in [-0.2, 0) is 20.9 Å². The largest absolute Gasteiger partial charge is 0.324 e. The van der Waals surface area contributed by atoms with E-state index in [2.05, 4.69) is 21.2 Å². The maximum Gasteiger partial charge on any atom is 0.308 e. The van der Waals surface area contributed by atoms with Gasteiger partial charge in [0.05, 0.1) is 16.6 Å². The van der Waals surface area contributed by atoms with Crippen molar-refractivity contribution in [1.29, 1.82) is 0 Å². The van der Waals surface area contributed by atoms with Gasteiger partial charge in [0.25, 0.3) is 0 Å². The van der Waals surface area contributed by atoms with E-state index in [-0.39, 0.29) is 29.1 Å². The number of anilines is 2. The van der Waals surface area contributed by atoms with Gasteiger partial charge in [0.15, 0.2) is 0 Å². The van der Waals surface area contributed by atoms with Gasteiger partial charge in [-0.25, -0.2) is 4.90 Å². The minimum atomic E-state index is -0.765. The number of aryl methyl sites for hydroxylation is 1. The number of carbonyl (C=O) groups excluding carboxylic acids is 3. The summed E-state index contributed by atoms with van der Waals surface area (Å²) in [5, 5.41) is 3.15. The molecule has 3 amide bonds. The Hall–Kier alpha value is -3.18. The lowest BCUT2D eigenvalue weighted by Crippen LogP contribution is -2.33. The first kappa shape index (κ1) is 27.0. The van der Waals surface area contributed by atoms with Crippen LogP contribution in [-0.4, -0.2) is 27.5 Å². The van der Waals surface area contributed by atoms with Crippen LogP contribution in [0.25, 0.3) is 0 Å². The van der Waals surface area contributed by atoms with Gasteiger partial charge in [0, 0.05) is 26.0 Å². The number of benzene rings is 3. The molecule has 6 rings (SSSR count). The van der Waals surface area contributed by atoms with Crippen LogP contribution in [0, 0.1) is 12.8 Å². The minimum Gasteiger partial charge on any atom is -0.324 e. The Morgan fingerprint density at radius 3 is 2.48 bits per heavy atom. The van der Waals surface area contributed by atoms with E-state index in [1.165, 1.54) is 21.2 Å². The second kappa shape index (κ2) is 10.7. The number of hydrogen-bond acceptors (Lipinski definition) is 6. The molecule has 2 aliphatic rings. The lowest BCUT2D eigenvalue weighted by Gasteiger charge is -2.30. The monoisotopic (exact) mass is 653 g/mol. The number of nitrogens with zero attached hydrogens (tertiary/aromatic N) is 2. The molecule has 11 heteroatoms. The first-order valence-electron chi connectivity index (χ1n) is 12.4. The van der Waals surface area contributed by atoms with Crippen LogP contribution >= 0.6 is 50.6 Å². The summed E-state index contributed by atoms with van der Waals surface area (Å²) in [4.78, 5) is 55.6. The third kappa shape index (κ3) is 4.72. The van der Waals surface area contributed by atoms with Crippen molar-refractivity contribution in [2.45, 2.75) is 29.7 Å². The summed E-state index contributed by atoms with van der Waals surface area (Å²) in [7, 11) is 0. The van der Waals surface area contributed by atoms with Crippen molar-refractivity contribution in [3.8, 4) is 0 Å². The summed E-state index contributed by atoms with van der Waals surface area (Å²) in [6.45, 7) is 1.68. The quantitative estimate of drug-likeness (QED) is 0.264. The van der Waals surface area contributed by atoms with Crippen LogP contribution in [0.4, 0.5) is 11.4 Å². The number of halogens is 2. The van der Waals surface area contributed by atoms with Gasteiger partial charge in [-0.15, -0.1) is 0 Å². The Kier molecular flexibility index (Phi) is 7.20. The molecular weight excluding hydrogens is 634 g/mol. The topological polar surface area (TPSA) is 88.5 Å². The predicted molar refractivity (Wildman–Crippen MR) is 161 cm³/mol. The van der Waals surface area contributed by atoms with Gasteiger partial charge in [0.1, 0.15) is 11.8 Å². The highest BCUT2D eigenvalue weighted by Gasteiger charge is 2.56. The maximum absolute atomic E-state index is 13.9. The minimum absolute atomic E-state index is 0.211. The second-order valence-corrected chi connectivity index (χ2v) is 13.0. The van der Waals surface area contributed by atoms with E-state index in [0.29, 0.717) is 26.3 Å². The highest BCUT2D eigenvalue weighted by molar-refractivity contribution is 9.10. The van der Waals surface area contributed by atoms with Crippen LogP contribution in [0.1, 0.15) is 21.9 Å². The molecule has 1 saturated heterocycles. The van der Waals surface area contributed by atoms with E-state index in [4.69, 9.17) is 11.6 Å². The lowest BCUT2D eigenvalue weighted by molar-refractivity contribution is -0.122. The lowest BCUT2D eigenvalue weighted by atomic mass is 9.83. The molecule has 3 aromatic carbocycles. The highest BCUT2D eigenvalue weighted by Crippen LogP contribution is 2.54. The second-order valence-electron chi connectivity index (χ2n) is 9.57. The molecule has 0 saturated carbocycles. The summed E-state index contributed by atoms with van der Waals surface area (Å²) >= 11 is 11.8. The molecule has 0 bridgehead atoms. The fraction of sp³-hybridized carbons (Fsp3) is 0.172. The summed E-state index contributed by atoms with van der Waals surface area (Å²) in [5.74, 6) is -2.30. The molecule has 0 aliphatic carbocycles. The molecular formula is C29H21BrClN3O4S2. The van der Waals surface area contributed by atoms with Gasteiger partial charge >= 0.3 is 4.87 Å². The van der Waals surface area contributed by atoms with Crippen molar-refractivity contribution in [3.63, 3.8) is 0 Å². The number of rotatable bonds is 5. The standard InChI is InChI=1S/C29H21BrClN3O4S2/c1-15-5-2-3-8-20(15)32-21(35)14-33-28-25(40-29(33)38)22(16-6-4-7-17(30)13-16)23-24(39-28)27(37)34(26(23)36)19-11-9-18(31)10-12-19/h2-13,22-24H,14H2,1H3,(H,32,35)/t22-,23?,24?/m1/s1. The molecule has 1 N–H and O–H groups in total. The fourth-order valence-electron chi connectivity index (χ4n) is 5.21. The van der Waals surface area contributed by atoms with E-state index in [1.54, 1.807) is 30.3 Å². The van der Waals surface area contributed by atoms with Crippen molar-refractivity contribution in [3.05, 3.63) is 108 Å². The number of aromatic nitrogens is 1. The van der Waals surface area contributed by atoms with Crippen molar-refractivity contribution in [1.82, 2.24) is 4.57 Å². The third-order valence-corrected chi connectivity index (χ3v) is 10.4. The third-order valence-electron chi connectivity index (χ3n) is 7.06. The molecule has 4 aromatic rings. The van der Waals surface area contributed by atoms with Gasteiger partial charge in [0.2, 0.25) is 17.7 Å². The van der Waals surface area contributed by atoms with Gasteiger partial charge in [-0.3, -0.25) is 23.7 Å². The number of carbonyl (C=O) groups is 3. The van der Waals surface area contributed by atoms with Gasteiger partial charge in [-0.2, -0.15) is 0 Å². The fourth-order valence-corrected chi connectivity index (χ4v) is 8.52. The molecule has 0 spiro atoms. The van der Waals surface area contributed by atoms with Crippen LogP contribution in [0.3, 0.4) is 0 Å². The molecule has 2 aliphatic heterocycles. The van der Waals surface area contributed by atoms with Crippen molar-refractivity contribution in [2.75, 3.05) is 10.2 Å². The predicted octanol–water partition coefficient (Wildman–Crippen LogP) is 6.07. The average molecular weight is 655 g/mol. The summed E-state index contributed by atoms with van der Waals surface area (Å²) in [6.07, 6.45) is 0. The van der Waals surface area contributed by atoms with Crippen LogP contribution in [0.15, 0.2) is 87.1 Å². The average Bonchev–Trinajstić information content (AvgIpc) is 3.36. The number of hydrogen-bond donors (Lipinski definition) is 1. The number of amides is 3. The molecule has 3 atom stereocenters. The Bertz CT molecular complexity index is 1740. The Morgan fingerprint density at radius 2 is 1.75 bits per heavy atom. The Labute approximate surface area is 251 Å². The number of imide groups is 1. The van der Waals surface area contributed by atoms with Crippen molar-refractivity contribution < 1.29 is 14.4 Å². The number of fused-ring (bicyclic) bond motifs is 2. The van der Waals surface area contributed by atoms with E-state index in [1.807, 2.05) is 49.4 Å². The summed E-state index contributed by atoms with van der Waals surface area (Å²) < 4.78 is 2.24. The van der Waals surface area contributed by atoms with E-state index in [9.17, 15) is 19.2 Å².